The van der Waals surface area contributed by atoms with Gasteiger partial charge in [0.05, 0.1) is 11.4 Å². The van der Waals surface area contributed by atoms with Crippen molar-refractivity contribution in [3.63, 3.8) is 0 Å². The van der Waals surface area contributed by atoms with Gasteiger partial charge in [0.2, 0.25) is 0 Å². The zero-order valence-electron chi connectivity index (χ0n) is 14.1. The molecule has 0 atom stereocenters. The second-order valence-electron chi connectivity index (χ2n) is 5.74. The van der Waals surface area contributed by atoms with Crippen molar-refractivity contribution in [2.24, 2.45) is 10.2 Å². The van der Waals surface area contributed by atoms with Gasteiger partial charge in [0.25, 0.3) is 10.0 Å². The van der Waals surface area contributed by atoms with E-state index >= 15 is 0 Å². The second kappa shape index (κ2) is 7.00. The molecule has 0 saturated carbocycles. The molecule has 0 aliphatic rings. The predicted molar refractivity (Wildman–Crippen MR) is 104 cm³/mol. The molecule has 4 aromatic rings. The number of rotatable bonds is 5. The molecule has 134 valence electrons. The molecule has 0 unspecified atom stereocenters. The molecule has 2 heterocycles. The van der Waals surface area contributed by atoms with Crippen molar-refractivity contribution >= 4 is 38.1 Å². The third-order valence-corrected chi connectivity index (χ3v) is 5.28. The molecule has 27 heavy (non-hydrogen) atoms. The first-order valence-electron chi connectivity index (χ1n) is 8.14. The zero-order chi connectivity index (χ0) is 18.7. The van der Waals surface area contributed by atoms with Gasteiger partial charge in [0.1, 0.15) is 10.5 Å². The second-order valence-corrected chi connectivity index (χ2v) is 7.39. The highest BCUT2D eigenvalue weighted by Gasteiger charge is 2.19. The Morgan fingerprint density at radius 1 is 0.852 bits per heavy atom. The van der Waals surface area contributed by atoms with Crippen LogP contribution in [0.15, 0.2) is 94.2 Å². The maximum Gasteiger partial charge on any atom is 0.264 e. The lowest BCUT2D eigenvalue weighted by Crippen LogP contribution is -2.12. The molecular formula is C19H15N5O2S. The lowest BCUT2D eigenvalue weighted by molar-refractivity contribution is 0.602. The predicted octanol–water partition coefficient (Wildman–Crippen LogP) is 4.78. The minimum Gasteiger partial charge on any atom is -0.345 e. The van der Waals surface area contributed by atoms with Gasteiger partial charge in [0, 0.05) is 23.5 Å². The highest BCUT2D eigenvalue weighted by atomic mass is 32.2. The van der Waals surface area contributed by atoms with Crippen LogP contribution >= 0.6 is 0 Å². The largest absolute Gasteiger partial charge is 0.345 e. The van der Waals surface area contributed by atoms with Crippen molar-refractivity contribution in [1.29, 1.82) is 0 Å². The topological polar surface area (TPSA) is 99.6 Å². The fourth-order valence-electron chi connectivity index (χ4n) is 2.57. The van der Waals surface area contributed by atoms with E-state index in [1.165, 1.54) is 6.20 Å². The van der Waals surface area contributed by atoms with Gasteiger partial charge < -0.3 is 4.98 Å². The number of azo groups is 1. The number of benzene rings is 2. The number of fused-ring (bicyclic) bond motifs is 1. The Morgan fingerprint density at radius 3 is 2.30 bits per heavy atom. The van der Waals surface area contributed by atoms with Crippen LogP contribution in [0.5, 0.6) is 0 Å². The molecule has 0 bridgehead atoms. The number of anilines is 1. The maximum absolute atomic E-state index is 12.7. The zero-order valence-corrected chi connectivity index (χ0v) is 14.9. The highest BCUT2D eigenvalue weighted by molar-refractivity contribution is 7.93. The third-order valence-electron chi connectivity index (χ3n) is 3.86. The number of sulfonamides is 1. The molecule has 2 N–H and O–H groups in total. The Kier molecular flexibility index (Phi) is 4.39. The van der Waals surface area contributed by atoms with Crippen LogP contribution in [-0.2, 0) is 10.0 Å². The highest BCUT2D eigenvalue weighted by Crippen LogP contribution is 2.25. The van der Waals surface area contributed by atoms with Crippen molar-refractivity contribution in [2.75, 3.05) is 4.72 Å². The molecule has 0 aliphatic carbocycles. The third kappa shape index (κ3) is 3.70. The first kappa shape index (κ1) is 16.9. The summed E-state index contributed by atoms with van der Waals surface area (Å²) in [5, 5.41) is 8.81. The standard InChI is InChI=1S/C19H15N5O2S/c25-27(26,18-13-21-19-17(18)7-4-12-20-19)24-16-10-8-15(9-11-16)23-22-14-5-2-1-3-6-14/h1-13,24H,(H,20,21). The number of hydrogen-bond acceptors (Lipinski definition) is 5. The Morgan fingerprint density at radius 2 is 1.56 bits per heavy atom. The van der Waals surface area contributed by atoms with Crippen molar-refractivity contribution in [3.8, 4) is 0 Å². The van der Waals surface area contributed by atoms with E-state index in [1.807, 2.05) is 30.3 Å². The van der Waals surface area contributed by atoms with E-state index < -0.39 is 10.0 Å². The van der Waals surface area contributed by atoms with Gasteiger partial charge in [-0.3, -0.25) is 4.72 Å². The van der Waals surface area contributed by atoms with Gasteiger partial charge in [-0.15, -0.1) is 0 Å². The summed E-state index contributed by atoms with van der Waals surface area (Å²) in [6.07, 6.45) is 3.04. The smallest absolute Gasteiger partial charge is 0.264 e. The maximum atomic E-state index is 12.7. The normalized spacial score (nSPS) is 11.9. The van der Waals surface area contributed by atoms with Gasteiger partial charge in [-0.25, -0.2) is 13.4 Å². The van der Waals surface area contributed by atoms with Gasteiger partial charge in [0.15, 0.2) is 0 Å². The molecule has 0 aliphatic heterocycles. The Labute approximate surface area is 155 Å². The Balaban J connectivity index is 1.53. The van der Waals surface area contributed by atoms with Gasteiger partial charge >= 0.3 is 0 Å². The fraction of sp³-hybridized carbons (Fsp3) is 0. The number of H-pyrrole nitrogens is 1. The monoisotopic (exact) mass is 377 g/mol. The van der Waals surface area contributed by atoms with Crippen LogP contribution in [0.3, 0.4) is 0 Å². The number of nitrogens with zero attached hydrogens (tertiary/aromatic N) is 3. The first-order valence-corrected chi connectivity index (χ1v) is 9.62. The lowest BCUT2D eigenvalue weighted by Gasteiger charge is -2.07. The van der Waals surface area contributed by atoms with E-state index in [4.69, 9.17) is 0 Å². The summed E-state index contributed by atoms with van der Waals surface area (Å²) in [5.41, 5.74) is 2.33. The summed E-state index contributed by atoms with van der Waals surface area (Å²) in [6, 6.07) is 19.4. The van der Waals surface area contributed by atoms with Gasteiger partial charge in [-0.1, -0.05) is 18.2 Å². The Hall–Kier alpha value is -3.52. The Bertz CT molecular complexity index is 1200. The molecule has 0 spiro atoms. The summed E-state index contributed by atoms with van der Waals surface area (Å²) >= 11 is 0. The van der Waals surface area contributed by atoms with Crippen molar-refractivity contribution in [3.05, 3.63) is 79.1 Å². The molecule has 2 aromatic carbocycles. The molecule has 7 nitrogen and oxygen atoms in total. The van der Waals surface area contributed by atoms with Gasteiger partial charge in [-0.2, -0.15) is 10.2 Å². The number of aromatic amines is 1. The van der Waals surface area contributed by atoms with Crippen LogP contribution in [-0.4, -0.2) is 18.4 Å². The van der Waals surface area contributed by atoms with E-state index in [9.17, 15) is 8.42 Å². The van der Waals surface area contributed by atoms with Crippen LogP contribution in [0.1, 0.15) is 0 Å². The first-order chi connectivity index (χ1) is 13.1. The molecule has 2 aromatic heterocycles. The summed E-state index contributed by atoms with van der Waals surface area (Å²) in [4.78, 5) is 7.12. The van der Waals surface area contributed by atoms with Crippen LogP contribution in [0.4, 0.5) is 17.1 Å². The number of nitrogens with one attached hydrogen (secondary N) is 2. The van der Waals surface area contributed by atoms with E-state index in [2.05, 4.69) is 24.9 Å². The summed E-state index contributed by atoms with van der Waals surface area (Å²) < 4.78 is 27.9. The lowest BCUT2D eigenvalue weighted by atomic mass is 10.3. The van der Waals surface area contributed by atoms with E-state index in [-0.39, 0.29) is 4.90 Å². The van der Waals surface area contributed by atoms with Crippen molar-refractivity contribution in [1.82, 2.24) is 9.97 Å². The number of aromatic nitrogens is 2. The molecule has 0 radical (unpaired) electrons. The summed E-state index contributed by atoms with van der Waals surface area (Å²) in [5.74, 6) is 0. The van der Waals surface area contributed by atoms with E-state index in [0.29, 0.717) is 22.4 Å². The molecule has 0 fully saturated rings. The van der Waals surface area contributed by atoms with Crippen molar-refractivity contribution in [2.45, 2.75) is 4.90 Å². The van der Waals surface area contributed by atoms with E-state index in [0.717, 1.165) is 5.69 Å². The van der Waals surface area contributed by atoms with E-state index in [1.54, 1.807) is 42.6 Å². The quantitative estimate of drug-likeness (QED) is 0.490. The minimum atomic E-state index is -3.74. The van der Waals surface area contributed by atoms with Crippen LogP contribution < -0.4 is 4.72 Å². The summed E-state index contributed by atoms with van der Waals surface area (Å²) in [6.45, 7) is 0. The summed E-state index contributed by atoms with van der Waals surface area (Å²) in [7, 11) is -3.74. The van der Waals surface area contributed by atoms with Crippen LogP contribution in [0, 0.1) is 0 Å². The molecule has 0 saturated heterocycles. The SMILES string of the molecule is O=S(=O)(Nc1ccc(N=Nc2ccccc2)cc1)c1c[nH]c2ncccc12. The fourth-order valence-corrected chi connectivity index (χ4v) is 3.79. The minimum absolute atomic E-state index is 0.151. The molecule has 4 rings (SSSR count). The number of pyridine rings is 1. The van der Waals surface area contributed by atoms with Gasteiger partial charge in [-0.05, 0) is 48.5 Å². The molecule has 0 amide bonds. The van der Waals surface area contributed by atoms with Crippen molar-refractivity contribution < 1.29 is 8.42 Å². The van der Waals surface area contributed by atoms with Crippen LogP contribution in [0.25, 0.3) is 11.0 Å². The average Bonchev–Trinajstić information content (AvgIpc) is 3.13. The molecule has 8 heteroatoms. The number of hydrogen-bond donors (Lipinski definition) is 2. The molecular weight excluding hydrogens is 362 g/mol. The van der Waals surface area contributed by atoms with Crippen LogP contribution in [0.2, 0.25) is 0 Å². The average molecular weight is 377 g/mol.